The number of halogens is 1. The van der Waals surface area contributed by atoms with Crippen LogP contribution in [0.2, 0.25) is 0 Å². The monoisotopic (exact) mass is 477 g/mol. The number of nitrogens with zero attached hydrogens (tertiary/aromatic N) is 1. The summed E-state index contributed by atoms with van der Waals surface area (Å²) in [4.78, 5) is 4.59. The number of guanidine groups is 1. The number of rotatable bonds is 10. The maximum atomic E-state index is 5.85. The van der Waals surface area contributed by atoms with Gasteiger partial charge in [0.2, 0.25) is 0 Å². The molecule has 0 amide bonds. The van der Waals surface area contributed by atoms with Gasteiger partial charge in [-0.15, -0.1) is 24.0 Å². The third-order valence-electron chi connectivity index (χ3n) is 3.79. The van der Waals surface area contributed by atoms with Crippen LogP contribution in [0.25, 0.3) is 0 Å². The second-order valence-electron chi connectivity index (χ2n) is 6.10. The highest BCUT2D eigenvalue weighted by Crippen LogP contribution is 2.10. The molecule has 26 heavy (non-hydrogen) atoms. The van der Waals surface area contributed by atoms with Gasteiger partial charge in [-0.25, -0.2) is 4.99 Å². The summed E-state index contributed by atoms with van der Waals surface area (Å²) in [5.74, 6) is 1.69. The van der Waals surface area contributed by atoms with Gasteiger partial charge in [-0.1, -0.05) is 18.2 Å². The molecule has 0 saturated carbocycles. The van der Waals surface area contributed by atoms with E-state index < -0.39 is 0 Å². The van der Waals surface area contributed by atoms with E-state index in [-0.39, 0.29) is 36.2 Å². The van der Waals surface area contributed by atoms with Gasteiger partial charge in [-0.05, 0) is 38.8 Å². The van der Waals surface area contributed by atoms with Gasteiger partial charge in [0, 0.05) is 26.3 Å². The van der Waals surface area contributed by atoms with Crippen LogP contribution in [0.5, 0.6) is 5.75 Å². The predicted octanol–water partition coefficient (Wildman–Crippen LogP) is 2.82. The fourth-order valence-corrected chi connectivity index (χ4v) is 2.50. The second kappa shape index (κ2) is 14.1. The Kier molecular flexibility index (Phi) is 12.4. The topological polar surface area (TPSA) is 64.1 Å². The molecule has 0 bridgehead atoms. The van der Waals surface area contributed by atoms with Crippen LogP contribution in [0.3, 0.4) is 0 Å². The Morgan fingerprint density at radius 1 is 1.31 bits per heavy atom. The van der Waals surface area contributed by atoms with Gasteiger partial charge in [-0.2, -0.15) is 0 Å². The van der Waals surface area contributed by atoms with E-state index in [0.717, 1.165) is 57.5 Å². The number of ether oxygens (including phenoxy) is 3. The lowest BCUT2D eigenvalue weighted by Gasteiger charge is -2.15. The first-order valence-corrected chi connectivity index (χ1v) is 9.21. The number of hydrogen-bond donors (Lipinski definition) is 2. The average molecular weight is 477 g/mol. The predicted molar refractivity (Wildman–Crippen MR) is 116 cm³/mol. The number of benzene rings is 1. The normalized spacial score (nSPS) is 18.1. The molecular formula is C19H32IN3O3. The molecule has 1 saturated heterocycles. The van der Waals surface area contributed by atoms with Gasteiger partial charge < -0.3 is 24.8 Å². The Hall–Kier alpha value is -1.06. The Morgan fingerprint density at radius 3 is 2.81 bits per heavy atom. The highest BCUT2D eigenvalue weighted by molar-refractivity contribution is 14.0. The van der Waals surface area contributed by atoms with Crippen LogP contribution in [0, 0.1) is 0 Å². The van der Waals surface area contributed by atoms with Crippen molar-refractivity contribution in [1.29, 1.82) is 0 Å². The van der Waals surface area contributed by atoms with Gasteiger partial charge >= 0.3 is 0 Å². The van der Waals surface area contributed by atoms with E-state index in [4.69, 9.17) is 14.2 Å². The molecule has 1 aromatic rings. The summed E-state index contributed by atoms with van der Waals surface area (Å²) in [7, 11) is 0. The lowest BCUT2D eigenvalue weighted by molar-refractivity contribution is 0.0420. The standard InChI is InChI=1S/C19H31N3O3.HI/c1-3-20-19(21-11-7-12-24-18-10-13-23-15-18)22-14-16(2)25-17-8-5-4-6-9-17;/h4-6,8-9,16,18H,3,7,10-15H2,1-2H3,(H2,20,21,22);1H. The minimum atomic E-state index is 0. The lowest BCUT2D eigenvalue weighted by Crippen LogP contribution is -2.39. The fourth-order valence-electron chi connectivity index (χ4n) is 2.50. The molecular weight excluding hydrogens is 445 g/mol. The summed E-state index contributed by atoms with van der Waals surface area (Å²) in [6.45, 7) is 8.64. The highest BCUT2D eigenvalue weighted by atomic mass is 127. The van der Waals surface area contributed by atoms with Crippen molar-refractivity contribution in [2.24, 2.45) is 4.99 Å². The molecule has 2 rings (SSSR count). The lowest BCUT2D eigenvalue weighted by atomic mass is 10.3. The van der Waals surface area contributed by atoms with E-state index >= 15 is 0 Å². The van der Waals surface area contributed by atoms with Crippen molar-refractivity contribution >= 4 is 29.9 Å². The van der Waals surface area contributed by atoms with Crippen LogP contribution < -0.4 is 15.4 Å². The van der Waals surface area contributed by atoms with Gasteiger partial charge in [-0.3, -0.25) is 0 Å². The molecule has 1 aliphatic rings. The maximum Gasteiger partial charge on any atom is 0.191 e. The smallest absolute Gasteiger partial charge is 0.191 e. The first-order chi connectivity index (χ1) is 12.3. The summed E-state index contributed by atoms with van der Waals surface area (Å²) in [5.41, 5.74) is 0. The van der Waals surface area contributed by atoms with Gasteiger partial charge in [0.05, 0.1) is 19.3 Å². The van der Waals surface area contributed by atoms with Crippen LogP contribution >= 0.6 is 24.0 Å². The second-order valence-corrected chi connectivity index (χ2v) is 6.10. The molecule has 0 aromatic heterocycles. The zero-order valence-electron chi connectivity index (χ0n) is 15.8. The molecule has 2 unspecified atom stereocenters. The van der Waals surface area contributed by atoms with E-state index in [0.29, 0.717) is 6.54 Å². The third-order valence-corrected chi connectivity index (χ3v) is 3.79. The average Bonchev–Trinajstić information content (AvgIpc) is 3.13. The molecule has 0 aliphatic carbocycles. The SMILES string of the molecule is CCNC(=NCC(C)Oc1ccccc1)NCCCOC1CCOC1.I. The molecule has 7 heteroatoms. The number of aliphatic imine (C=N–C) groups is 1. The van der Waals surface area contributed by atoms with Crippen molar-refractivity contribution in [3.63, 3.8) is 0 Å². The Morgan fingerprint density at radius 2 is 2.12 bits per heavy atom. The third kappa shape index (κ3) is 9.59. The highest BCUT2D eigenvalue weighted by Gasteiger charge is 2.15. The van der Waals surface area contributed by atoms with Crippen molar-refractivity contribution < 1.29 is 14.2 Å². The molecule has 1 aliphatic heterocycles. The molecule has 1 heterocycles. The summed E-state index contributed by atoms with van der Waals surface area (Å²) < 4.78 is 16.9. The quantitative estimate of drug-likeness (QED) is 0.235. The molecule has 2 N–H and O–H groups in total. The van der Waals surface area contributed by atoms with E-state index in [2.05, 4.69) is 22.5 Å². The summed E-state index contributed by atoms with van der Waals surface area (Å²) in [5, 5.41) is 6.59. The van der Waals surface area contributed by atoms with Crippen LogP contribution in [0.1, 0.15) is 26.7 Å². The molecule has 148 valence electrons. The van der Waals surface area contributed by atoms with Crippen LogP contribution in [-0.4, -0.2) is 57.6 Å². The Balaban J connectivity index is 0.00000338. The first kappa shape index (κ1) is 23.0. The van der Waals surface area contributed by atoms with Gasteiger partial charge in [0.25, 0.3) is 0 Å². The van der Waals surface area contributed by atoms with Crippen LogP contribution in [-0.2, 0) is 9.47 Å². The molecule has 1 aromatic carbocycles. The van der Waals surface area contributed by atoms with Gasteiger partial charge in [0.1, 0.15) is 11.9 Å². The van der Waals surface area contributed by atoms with Crippen molar-refractivity contribution in [2.45, 2.75) is 38.9 Å². The van der Waals surface area contributed by atoms with E-state index in [1.165, 1.54) is 0 Å². The summed E-state index contributed by atoms with van der Waals surface area (Å²) in [6.07, 6.45) is 2.25. The summed E-state index contributed by atoms with van der Waals surface area (Å²) >= 11 is 0. The molecule has 0 spiro atoms. The summed E-state index contributed by atoms with van der Waals surface area (Å²) in [6, 6.07) is 9.83. The van der Waals surface area contributed by atoms with Crippen LogP contribution in [0.15, 0.2) is 35.3 Å². The van der Waals surface area contributed by atoms with Gasteiger partial charge in [0.15, 0.2) is 5.96 Å². The molecule has 6 nitrogen and oxygen atoms in total. The van der Waals surface area contributed by atoms with Crippen LogP contribution in [0.4, 0.5) is 0 Å². The molecule has 0 radical (unpaired) electrons. The largest absolute Gasteiger partial charge is 0.489 e. The zero-order valence-corrected chi connectivity index (χ0v) is 18.1. The number of hydrogen-bond acceptors (Lipinski definition) is 4. The number of nitrogens with one attached hydrogen (secondary N) is 2. The van der Waals surface area contributed by atoms with E-state index in [1.807, 2.05) is 37.3 Å². The molecule has 1 fully saturated rings. The van der Waals surface area contributed by atoms with Crippen molar-refractivity contribution in [1.82, 2.24) is 10.6 Å². The Labute approximate surface area is 174 Å². The van der Waals surface area contributed by atoms with Crippen molar-refractivity contribution in [2.75, 3.05) is 39.5 Å². The fraction of sp³-hybridized carbons (Fsp3) is 0.632. The maximum absolute atomic E-state index is 5.85. The minimum absolute atomic E-state index is 0. The first-order valence-electron chi connectivity index (χ1n) is 9.21. The minimum Gasteiger partial charge on any atom is -0.489 e. The Bertz CT molecular complexity index is 496. The number of para-hydroxylation sites is 1. The zero-order chi connectivity index (χ0) is 17.7. The van der Waals surface area contributed by atoms with E-state index in [9.17, 15) is 0 Å². The molecule has 2 atom stereocenters. The van der Waals surface area contributed by atoms with Crippen molar-refractivity contribution in [3.05, 3.63) is 30.3 Å². The van der Waals surface area contributed by atoms with Crippen molar-refractivity contribution in [3.8, 4) is 5.75 Å². The van der Waals surface area contributed by atoms with E-state index in [1.54, 1.807) is 0 Å².